The molecule has 0 saturated carbocycles. The van der Waals surface area contributed by atoms with Gasteiger partial charge >= 0.3 is 0 Å². The first-order valence-electron chi connectivity index (χ1n) is 13.9. The lowest BCUT2D eigenvalue weighted by molar-refractivity contribution is -0.152. The van der Waals surface area contributed by atoms with Crippen LogP contribution in [0.25, 0.3) is 0 Å². The second-order valence-electron chi connectivity index (χ2n) is 10.9. The van der Waals surface area contributed by atoms with Crippen molar-refractivity contribution >= 4 is 23.6 Å². The van der Waals surface area contributed by atoms with E-state index in [1.165, 1.54) is 17.4 Å². The third-order valence-corrected chi connectivity index (χ3v) is 8.02. The van der Waals surface area contributed by atoms with E-state index in [2.05, 4.69) is 16.7 Å². The van der Waals surface area contributed by atoms with Crippen molar-refractivity contribution in [1.29, 1.82) is 0 Å². The quantitative estimate of drug-likeness (QED) is 0.320. The van der Waals surface area contributed by atoms with Gasteiger partial charge in [-0.25, -0.2) is 0 Å². The molecule has 41 heavy (non-hydrogen) atoms. The Morgan fingerprint density at radius 1 is 0.976 bits per heavy atom. The SMILES string of the molecule is CC(N)C(=O)NC(Cc1cccc(C(N)=O)c1)C(=O)N1CC(c2ccccc2)C1C(=O)N[C@@H]1CCc2ccccc21. The van der Waals surface area contributed by atoms with Crippen LogP contribution in [0, 0.1) is 0 Å². The molecule has 0 bridgehead atoms. The summed E-state index contributed by atoms with van der Waals surface area (Å²) in [7, 11) is 0. The zero-order chi connectivity index (χ0) is 29.1. The number of primary amides is 1. The van der Waals surface area contributed by atoms with Gasteiger partial charge in [0.25, 0.3) is 0 Å². The highest BCUT2D eigenvalue weighted by Crippen LogP contribution is 2.37. The number of fused-ring (bicyclic) bond motifs is 1. The Balaban J connectivity index is 1.41. The monoisotopic (exact) mass is 553 g/mol. The first kappa shape index (κ1) is 28.0. The van der Waals surface area contributed by atoms with Gasteiger partial charge in [0.1, 0.15) is 12.1 Å². The van der Waals surface area contributed by atoms with Crippen LogP contribution in [-0.4, -0.2) is 53.2 Å². The normalized spacial score (nSPS) is 20.7. The number of carbonyl (C=O) groups is 4. The molecule has 0 spiro atoms. The van der Waals surface area contributed by atoms with Crippen LogP contribution < -0.4 is 22.1 Å². The van der Waals surface area contributed by atoms with Crippen molar-refractivity contribution in [2.24, 2.45) is 11.5 Å². The minimum absolute atomic E-state index is 0.106. The number of rotatable bonds is 9. The molecular formula is C32H35N5O4. The smallest absolute Gasteiger partial charge is 0.248 e. The van der Waals surface area contributed by atoms with E-state index < -0.39 is 29.9 Å². The number of aryl methyl sites for hydroxylation is 1. The molecule has 0 aromatic heterocycles. The summed E-state index contributed by atoms with van der Waals surface area (Å²) >= 11 is 0. The zero-order valence-electron chi connectivity index (χ0n) is 23.0. The first-order valence-corrected chi connectivity index (χ1v) is 13.9. The van der Waals surface area contributed by atoms with Crippen molar-refractivity contribution in [3.63, 3.8) is 0 Å². The fourth-order valence-electron chi connectivity index (χ4n) is 5.80. The summed E-state index contributed by atoms with van der Waals surface area (Å²) in [5.41, 5.74) is 15.5. The Morgan fingerprint density at radius 2 is 1.71 bits per heavy atom. The summed E-state index contributed by atoms with van der Waals surface area (Å²) in [4.78, 5) is 53.8. The molecule has 9 heteroatoms. The number of benzene rings is 3. The highest BCUT2D eigenvalue weighted by Gasteiger charge is 2.49. The van der Waals surface area contributed by atoms with Crippen LogP contribution in [-0.2, 0) is 27.2 Å². The highest BCUT2D eigenvalue weighted by atomic mass is 16.2. The van der Waals surface area contributed by atoms with Crippen molar-refractivity contribution in [2.45, 2.75) is 56.3 Å². The summed E-state index contributed by atoms with van der Waals surface area (Å²) in [5.74, 6) is -1.89. The average molecular weight is 554 g/mol. The second-order valence-corrected chi connectivity index (χ2v) is 10.9. The van der Waals surface area contributed by atoms with Gasteiger partial charge in [0.05, 0.1) is 12.1 Å². The molecule has 5 atom stereocenters. The van der Waals surface area contributed by atoms with Gasteiger partial charge in [0.15, 0.2) is 0 Å². The van der Waals surface area contributed by atoms with Gasteiger partial charge < -0.3 is 27.0 Å². The molecule has 1 saturated heterocycles. The third kappa shape index (κ3) is 6.00. The fourth-order valence-corrected chi connectivity index (χ4v) is 5.80. The van der Waals surface area contributed by atoms with Gasteiger partial charge in [0.2, 0.25) is 23.6 Å². The summed E-state index contributed by atoms with van der Waals surface area (Å²) in [6, 6.07) is 21.7. The van der Waals surface area contributed by atoms with Crippen LogP contribution in [0.3, 0.4) is 0 Å². The van der Waals surface area contributed by atoms with Crippen molar-refractivity contribution in [1.82, 2.24) is 15.5 Å². The van der Waals surface area contributed by atoms with E-state index in [0.29, 0.717) is 17.7 Å². The topological polar surface area (TPSA) is 148 Å². The number of nitrogens with zero attached hydrogens (tertiary/aromatic N) is 1. The Kier molecular flexibility index (Phi) is 8.16. The van der Waals surface area contributed by atoms with E-state index in [1.54, 1.807) is 24.3 Å². The predicted molar refractivity (Wildman–Crippen MR) is 155 cm³/mol. The summed E-state index contributed by atoms with van der Waals surface area (Å²) in [5, 5.41) is 5.96. The molecule has 3 aromatic carbocycles. The van der Waals surface area contributed by atoms with Crippen LogP contribution in [0.2, 0.25) is 0 Å². The van der Waals surface area contributed by atoms with Gasteiger partial charge in [-0.1, -0.05) is 66.7 Å². The van der Waals surface area contributed by atoms with Crippen LogP contribution in [0.5, 0.6) is 0 Å². The van der Waals surface area contributed by atoms with Gasteiger partial charge in [-0.3, -0.25) is 19.2 Å². The molecule has 212 valence electrons. The molecule has 6 N–H and O–H groups in total. The standard InChI is InChI=1S/C32H35N5O4/c1-19(33)30(39)36-27(17-20-8-7-12-23(16-20)29(34)38)32(41)37-18-25(21-9-3-2-4-10-21)28(37)31(40)35-26-15-14-22-11-5-6-13-24(22)26/h2-13,16,19,25-28H,14-15,17-18,33H2,1H3,(H2,34,38)(H,35,40)(H,36,39)/t19?,25?,26-,27?,28?/m1/s1. The predicted octanol–water partition coefficient (Wildman–Crippen LogP) is 1.96. The van der Waals surface area contributed by atoms with Crippen LogP contribution in [0.15, 0.2) is 78.9 Å². The minimum Gasteiger partial charge on any atom is -0.366 e. The molecule has 2 aliphatic rings. The van der Waals surface area contributed by atoms with Crippen LogP contribution >= 0.6 is 0 Å². The third-order valence-electron chi connectivity index (χ3n) is 8.02. The Bertz CT molecular complexity index is 1460. The van der Waals surface area contributed by atoms with Crippen molar-refractivity contribution in [2.75, 3.05) is 6.54 Å². The van der Waals surface area contributed by atoms with Gasteiger partial charge in [-0.15, -0.1) is 0 Å². The Labute approximate surface area is 239 Å². The number of nitrogens with one attached hydrogen (secondary N) is 2. The number of hydrogen-bond acceptors (Lipinski definition) is 5. The summed E-state index contributed by atoms with van der Waals surface area (Å²) in [6.07, 6.45) is 1.78. The largest absolute Gasteiger partial charge is 0.366 e. The number of amides is 4. The lowest BCUT2D eigenvalue weighted by Gasteiger charge is -2.48. The Hall–Kier alpha value is -4.50. The lowest BCUT2D eigenvalue weighted by atomic mass is 9.81. The van der Waals surface area contributed by atoms with E-state index in [9.17, 15) is 19.2 Å². The first-order chi connectivity index (χ1) is 19.7. The van der Waals surface area contributed by atoms with Gasteiger partial charge in [-0.2, -0.15) is 0 Å². The maximum atomic E-state index is 14.0. The second kappa shape index (κ2) is 11.9. The van der Waals surface area contributed by atoms with E-state index in [-0.39, 0.29) is 30.2 Å². The summed E-state index contributed by atoms with van der Waals surface area (Å²) < 4.78 is 0. The molecule has 1 heterocycles. The van der Waals surface area contributed by atoms with Gasteiger partial charge in [0, 0.05) is 24.4 Å². The maximum Gasteiger partial charge on any atom is 0.248 e. The number of carbonyl (C=O) groups excluding carboxylic acids is 4. The highest BCUT2D eigenvalue weighted by molar-refractivity contribution is 5.96. The van der Waals surface area contributed by atoms with Gasteiger partial charge in [-0.05, 0) is 54.2 Å². The summed E-state index contributed by atoms with van der Waals surface area (Å²) in [6.45, 7) is 1.86. The number of nitrogens with two attached hydrogens (primary N) is 2. The van der Waals surface area contributed by atoms with E-state index in [4.69, 9.17) is 11.5 Å². The molecule has 3 aromatic rings. The molecule has 1 aliphatic heterocycles. The van der Waals surface area contributed by atoms with E-state index in [1.807, 2.05) is 48.5 Å². The molecule has 4 unspecified atom stereocenters. The number of likely N-dealkylation sites (tertiary alicyclic amines) is 1. The Morgan fingerprint density at radius 3 is 2.44 bits per heavy atom. The lowest BCUT2D eigenvalue weighted by Crippen LogP contribution is -2.67. The molecule has 9 nitrogen and oxygen atoms in total. The molecule has 5 rings (SSSR count). The van der Waals surface area contributed by atoms with Crippen LogP contribution in [0.4, 0.5) is 0 Å². The molecule has 4 amide bonds. The van der Waals surface area contributed by atoms with Crippen LogP contribution in [0.1, 0.15) is 57.9 Å². The van der Waals surface area contributed by atoms with E-state index >= 15 is 0 Å². The molecule has 1 aliphatic carbocycles. The van der Waals surface area contributed by atoms with Crippen molar-refractivity contribution in [3.8, 4) is 0 Å². The minimum atomic E-state index is -0.990. The molecule has 1 fully saturated rings. The van der Waals surface area contributed by atoms with Crippen molar-refractivity contribution in [3.05, 3.63) is 107 Å². The molecular weight excluding hydrogens is 518 g/mol. The van der Waals surface area contributed by atoms with E-state index in [0.717, 1.165) is 24.0 Å². The molecule has 0 radical (unpaired) electrons. The average Bonchev–Trinajstić information content (AvgIpc) is 3.35. The van der Waals surface area contributed by atoms with Crippen molar-refractivity contribution < 1.29 is 19.2 Å². The number of hydrogen-bond donors (Lipinski definition) is 4. The zero-order valence-corrected chi connectivity index (χ0v) is 23.0. The fraction of sp³-hybridized carbons (Fsp3) is 0.312. The maximum absolute atomic E-state index is 14.0.